The Labute approximate surface area is 131 Å². The monoisotopic (exact) mass is 297 g/mol. The van der Waals surface area contributed by atoms with E-state index in [0.717, 1.165) is 6.42 Å². The third-order valence-corrected chi connectivity index (χ3v) is 6.24. The van der Waals surface area contributed by atoms with Crippen molar-refractivity contribution in [1.29, 1.82) is 0 Å². The molecule has 0 amide bonds. The van der Waals surface area contributed by atoms with Gasteiger partial charge in [0.2, 0.25) is 0 Å². The molecule has 3 heteroatoms. The minimum atomic E-state index is 0.190. The molecule has 0 aromatic heterocycles. The van der Waals surface area contributed by atoms with Gasteiger partial charge in [-0.1, -0.05) is 30.3 Å². The van der Waals surface area contributed by atoms with Gasteiger partial charge in [-0.3, -0.25) is 0 Å². The highest BCUT2D eigenvalue weighted by Crippen LogP contribution is 2.59. The van der Waals surface area contributed by atoms with Gasteiger partial charge in [-0.05, 0) is 66.7 Å². The zero-order valence-corrected chi connectivity index (χ0v) is 13.2. The number of allylic oxidation sites excluding steroid dienone is 1. The Morgan fingerprint density at radius 3 is 3.00 bits per heavy atom. The van der Waals surface area contributed by atoms with Crippen molar-refractivity contribution in [2.75, 3.05) is 7.11 Å². The van der Waals surface area contributed by atoms with Crippen molar-refractivity contribution in [3.05, 3.63) is 35.4 Å². The summed E-state index contributed by atoms with van der Waals surface area (Å²) in [6.45, 7) is 2.37. The Morgan fingerprint density at radius 1 is 1.32 bits per heavy atom. The minimum Gasteiger partial charge on any atom is -0.508 e. The maximum Gasteiger partial charge on any atom is 0.116 e. The summed E-state index contributed by atoms with van der Waals surface area (Å²) in [5, 5.41) is 14.0. The minimum absolute atomic E-state index is 0.190. The van der Waals surface area contributed by atoms with E-state index < -0.39 is 0 Å². The highest BCUT2D eigenvalue weighted by Gasteiger charge is 2.53. The average molecular weight is 297 g/mol. The molecule has 116 valence electrons. The molecule has 3 nitrogen and oxygen atoms in total. The van der Waals surface area contributed by atoms with Gasteiger partial charge in [-0.25, -0.2) is 0 Å². The molecule has 0 spiro atoms. The van der Waals surface area contributed by atoms with Crippen LogP contribution in [0.25, 0.3) is 6.08 Å². The Balaban J connectivity index is 1.72. The molecule has 22 heavy (non-hydrogen) atoms. The predicted molar refractivity (Wildman–Crippen MR) is 87.9 cm³/mol. The van der Waals surface area contributed by atoms with Crippen LogP contribution in [-0.4, -0.2) is 17.9 Å². The molecule has 4 atom stereocenters. The van der Waals surface area contributed by atoms with Crippen LogP contribution in [-0.2, 0) is 4.84 Å². The Hall–Kier alpha value is -1.77. The van der Waals surface area contributed by atoms with Gasteiger partial charge in [0.1, 0.15) is 12.9 Å². The topological polar surface area (TPSA) is 41.8 Å². The van der Waals surface area contributed by atoms with Crippen LogP contribution in [0.4, 0.5) is 0 Å². The lowest BCUT2D eigenvalue weighted by Crippen LogP contribution is -2.41. The SMILES string of the molecule is CO/N=C1\CC[C@H]2[C@@H]3C=Cc4cc(O)ccc4[C@H]3CC[C@]12C. The molecule has 0 bridgehead atoms. The smallest absolute Gasteiger partial charge is 0.116 e. The van der Waals surface area contributed by atoms with Crippen molar-refractivity contribution in [2.24, 2.45) is 22.4 Å². The molecule has 2 saturated carbocycles. The number of nitrogens with zero attached hydrogens (tertiary/aromatic N) is 1. The number of hydrogen-bond acceptors (Lipinski definition) is 3. The molecule has 1 aromatic carbocycles. The lowest BCUT2D eigenvalue weighted by Gasteiger charge is -2.47. The lowest BCUT2D eigenvalue weighted by molar-refractivity contribution is 0.133. The van der Waals surface area contributed by atoms with Crippen molar-refractivity contribution in [2.45, 2.75) is 38.5 Å². The fourth-order valence-electron chi connectivity index (χ4n) is 5.14. The van der Waals surface area contributed by atoms with Crippen molar-refractivity contribution in [1.82, 2.24) is 0 Å². The molecule has 3 aliphatic carbocycles. The van der Waals surface area contributed by atoms with Crippen LogP contribution in [0.1, 0.15) is 49.7 Å². The number of oxime groups is 1. The number of aromatic hydroxyl groups is 1. The molecule has 0 heterocycles. The summed E-state index contributed by atoms with van der Waals surface area (Å²) in [4.78, 5) is 5.09. The number of benzene rings is 1. The molecular formula is C19H23NO2. The van der Waals surface area contributed by atoms with E-state index in [1.807, 2.05) is 12.1 Å². The van der Waals surface area contributed by atoms with Crippen LogP contribution in [0.2, 0.25) is 0 Å². The van der Waals surface area contributed by atoms with E-state index in [1.54, 1.807) is 7.11 Å². The van der Waals surface area contributed by atoms with Gasteiger partial charge in [0.05, 0.1) is 5.71 Å². The van der Waals surface area contributed by atoms with Crippen molar-refractivity contribution in [3.8, 4) is 5.75 Å². The zero-order valence-electron chi connectivity index (χ0n) is 13.2. The first-order valence-corrected chi connectivity index (χ1v) is 8.25. The largest absolute Gasteiger partial charge is 0.508 e. The lowest BCUT2D eigenvalue weighted by atomic mass is 9.57. The number of phenols is 1. The molecule has 1 aromatic rings. The third-order valence-electron chi connectivity index (χ3n) is 6.24. The van der Waals surface area contributed by atoms with E-state index in [1.165, 1.54) is 36.1 Å². The first kappa shape index (κ1) is 13.9. The molecule has 1 N–H and O–H groups in total. The second-order valence-electron chi connectivity index (χ2n) is 7.18. The normalized spacial score (nSPS) is 37.5. The zero-order chi connectivity index (χ0) is 15.3. The molecule has 0 aliphatic heterocycles. The number of hydrogen-bond donors (Lipinski definition) is 1. The third kappa shape index (κ3) is 1.84. The van der Waals surface area contributed by atoms with Crippen LogP contribution in [0.3, 0.4) is 0 Å². The summed E-state index contributed by atoms with van der Waals surface area (Å²) in [5.74, 6) is 2.18. The van der Waals surface area contributed by atoms with Gasteiger partial charge in [-0.2, -0.15) is 0 Å². The Kier molecular flexibility index (Phi) is 3.07. The maximum atomic E-state index is 9.71. The van der Waals surface area contributed by atoms with E-state index in [-0.39, 0.29) is 5.41 Å². The second kappa shape index (κ2) is 4.87. The van der Waals surface area contributed by atoms with Gasteiger partial charge in [0.25, 0.3) is 0 Å². The summed E-state index contributed by atoms with van der Waals surface area (Å²) in [6, 6.07) is 5.84. The predicted octanol–water partition coefficient (Wildman–Crippen LogP) is 4.33. The Bertz CT molecular complexity index is 663. The first-order chi connectivity index (χ1) is 10.6. The standard InChI is InChI=1S/C19H23NO2/c1-19-10-9-15-14-6-4-13(21)11-12(14)3-5-16(15)17(19)7-8-18(19)20-22-2/h3-6,11,15-17,21H,7-10H2,1-2H3/b20-18+/t15-,16-,17+,19+/m1/s1. The Morgan fingerprint density at radius 2 is 2.18 bits per heavy atom. The van der Waals surface area contributed by atoms with Crippen LogP contribution >= 0.6 is 0 Å². The highest BCUT2D eigenvalue weighted by atomic mass is 16.6. The highest BCUT2D eigenvalue weighted by molar-refractivity contribution is 5.92. The van der Waals surface area contributed by atoms with Crippen molar-refractivity contribution >= 4 is 11.8 Å². The fourth-order valence-corrected chi connectivity index (χ4v) is 5.14. The fraction of sp³-hybridized carbons (Fsp3) is 0.526. The van der Waals surface area contributed by atoms with E-state index in [9.17, 15) is 5.11 Å². The number of fused-ring (bicyclic) bond motifs is 5. The maximum absolute atomic E-state index is 9.71. The second-order valence-corrected chi connectivity index (χ2v) is 7.18. The van der Waals surface area contributed by atoms with E-state index >= 15 is 0 Å². The van der Waals surface area contributed by atoms with Crippen LogP contribution in [0.15, 0.2) is 29.4 Å². The quantitative estimate of drug-likeness (QED) is 0.784. The first-order valence-electron chi connectivity index (χ1n) is 8.25. The van der Waals surface area contributed by atoms with Crippen LogP contribution in [0.5, 0.6) is 5.75 Å². The van der Waals surface area contributed by atoms with E-state index in [4.69, 9.17) is 4.84 Å². The van der Waals surface area contributed by atoms with Gasteiger partial charge in [-0.15, -0.1) is 0 Å². The molecule has 4 rings (SSSR count). The summed E-state index contributed by atoms with van der Waals surface area (Å²) in [7, 11) is 1.65. The number of rotatable bonds is 1. The molecule has 0 saturated heterocycles. The summed E-state index contributed by atoms with van der Waals surface area (Å²) in [5.41, 5.74) is 4.04. The van der Waals surface area contributed by atoms with Gasteiger partial charge < -0.3 is 9.94 Å². The van der Waals surface area contributed by atoms with E-state index in [0.29, 0.717) is 23.5 Å². The summed E-state index contributed by atoms with van der Waals surface area (Å²) in [6.07, 6.45) is 9.21. The van der Waals surface area contributed by atoms with E-state index in [2.05, 4.69) is 30.3 Å². The van der Waals surface area contributed by atoms with Gasteiger partial charge in [0.15, 0.2) is 0 Å². The van der Waals surface area contributed by atoms with Crippen molar-refractivity contribution in [3.63, 3.8) is 0 Å². The molecule has 2 fully saturated rings. The molecule has 0 radical (unpaired) electrons. The summed E-state index contributed by atoms with van der Waals surface area (Å²) >= 11 is 0. The van der Waals surface area contributed by atoms with Gasteiger partial charge in [0, 0.05) is 5.41 Å². The number of phenolic OH excluding ortho intramolecular Hbond substituents is 1. The van der Waals surface area contributed by atoms with Crippen molar-refractivity contribution < 1.29 is 9.94 Å². The van der Waals surface area contributed by atoms with Gasteiger partial charge >= 0.3 is 0 Å². The molecule has 0 unspecified atom stereocenters. The molecule has 3 aliphatic rings. The molecular weight excluding hydrogens is 274 g/mol. The van der Waals surface area contributed by atoms with Crippen LogP contribution in [0, 0.1) is 17.3 Å². The van der Waals surface area contributed by atoms with Crippen LogP contribution < -0.4 is 0 Å². The average Bonchev–Trinajstić information content (AvgIpc) is 2.84. The summed E-state index contributed by atoms with van der Waals surface area (Å²) < 4.78 is 0.